The standard InChI is InChI=1S/C11H15BrN2O2/c1-11(2)7-14(4-3-13-11)10(15)8-5-9(12)16-6-8/h5-6,13H,3-4,7H2,1-2H3. The molecule has 1 saturated heterocycles. The Kier molecular flexibility index (Phi) is 3.08. The highest BCUT2D eigenvalue weighted by atomic mass is 79.9. The van der Waals surface area contributed by atoms with Crippen LogP contribution in [0, 0.1) is 0 Å². The molecule has 1 aliphatic rings. The van der Waals surface area contributed by atoms with Crippen molar-refractivity contribution in [3.05, 3.63) is 22.6 Å². The van der Waals surface area contributed by atoms with Crippen LogP contribution in [-0.4, -0.2) is 36.0 Å². The van der Waals surface area contributed by atoms with Crippen LogP contribution >= 0.6 is 15.9 Å². The fraction of sp³-hybridized carbons (Fsp3) is 0.545. The lowest BCUT2D eigenvalue weighted by atomic mass is 10.0. The summed E-state index contributed by atoms with van der Waals surface area (Å²) in [5, 5.41) is 3.37. The summed E-state index contributed by atoms with van der Waals surface area (Å²) in [6, 6.07) is 1.71. The summed E-state index contributed by atoms with van der Waals surface area (Å²) < 4.78 is 5.67. The van der Waals surface area contributed by atoms with Gasteiger partial charge in [0.05, 0.1) is 5.56 Å². The van der Waals surface area contributed by atoms with E-state index in [9.17, 15) is 4.79 Å². The molecule has 16 heavy (non-hydrogen) atoms. The van der Waals surface area contributed by atoms with Crippen molar-refractivity contribution in [2.45, 2.75) is 19.4 Å². The largest absolute Gasteiger partial charge is 0.457 e. The van der Waals surface area contributed by atoms with E-state index in [0.29, 0.717) is 16.8 Å². The number of piperazine rings is 1. The Morgan fingerprint density at radius 2 is 2.38 bits per heavy atom. The van der Waals surface area contributed by atoms with Crippen molar-refractivity contribution in [1.82, 2.24) is 10.2 Å². The van der Waals surface area contributed by atoms with E-state index in [-0.39, 0.29) is 11.4 Å². The van der Waals surface area contributed by atoms with Crippen LogP contribution in [0.5, 0.6) is 0 Å². The number of nitrogens with zero attached hydrogens (tertiary/aromatic N) is 1. The Labute approximate surface area is 103 Å². The van der Waals surface area contributed by atoms with E-state index in [1.54, 1.807) is 6.07 Å². The molecule has 2 rings (SSSR count). The highest BCUT2D eigenvalue weighted by Gasteiger charge is 2.29. The lowest BCUT2D eigenvalue weighted by Crippen LogP contribution is -2.58. The zero-order valence-corrected chi connectivity index (χ0v) is 11.0. The number of nitrogens with one attached hydrogen (secondary N) is 1. The summed E-state index contributed by atoms with van der Waals surface area (Å²) in [5.74, 6) is 0.0315. The number of furan rings is 1. The van der Waals surface area contributed by atoms with E-state index >= 15 is 0 Å². The average molecular weight is 287 g/mol. The van der Waals surface area contributed by atoms with Gasteiger partial charge in [0.25, 0.3) is 5.91 Å². The Balaban J connectivity index is 2.10. The first-order valence-corrected chi connectivity index (χ1v) is 6.06. The summed E-state index contributed by atoms with van der Waals surface area (Å²) in [6.07, 6.45) is 1.49. The van der Waals surface area contributed by atoms with Gasteiger partial charge in [0.1, 0.15) is 6.26 Å². The van der Waals surface area contributed by atoms with E-state index in [2.05, 4.69) is 35.1 Å². The summed E-state index contributed by atoms with van der Waals surface area (Å²) in [6.45, 7) is 6.48. The highest BCUT2D eigenvalue weighted by Crippen LogP contribution is 2.18. The molecule has 2 heterocycles. The van der Waals surface area contributed by atoms with Crippen LogP contribution in [0.15, 0.2) is 21.4 Å². The van der Waals surface area contributed by atoms with Gasteiger partial charge in [0, 0.05) is 31.2 Å². The molecule has 0 bridgehead atoms. The van der Waals surface area contributed by atoms with Gasteiger partial charge in [-0.15, -0.1) is 0 Å². The van der Waals surface area contributed by atoms with Gasteiger partial charge in [-0.25, -0.2) is 0 Å². The normalized spacial score (nSPS) is 19.8. The monoisotopic (exact) mass is 286 g/mol. The lowest BCUT2D eigenvalue weighted by Gasteiger charge is -2.38. The van der Waals surface area contributed by atoms with Crippen LogP contribution in [0.1, 0.15) is 24.2 Å². The van der Waals surface area contributed by atoms with E-state index in [1.807, 2.05) is 4.90 Å². The second kappa shape index (κ2) is 4.22. The first-order valence-electron chi connectivity index (χ1n) is 5.26. The maximum absolute atomic E-state index is 12.1. The average Bonchev–Trinajstić information content (AvgIpc) is 2.62. The molecular formula is C11H15BrN2O2. The Hall–Kier alpha value is -0.810. The quantitative estimate of drug-likeness (QED) is 0.857. The number of rotatable bonds is 1. The fourth-order valence-corrected chi connectivity index (χ4v) is 2.26. The van der Waals surface area contributed by atoms with Crippen molar-refractivity contribution < 1.29 is 9.21 Å². The predicted octanol–water partition coefficient (Wildman–Crippen LogP) is 1.87. The summed E-state index contributed by atoms with van der Waals surface area (Å²) in [4.78, 5) is 14.0. The van der Waals surface area contributed by atoms with E-state index < -0.39 is 0 Å². The molecule has 1 aliphatic heterocycles. The van der Waals surface area contributed by atoms with Gasteiger partial charge in [0.15, 0.2) is 4.67 Å². The maximum atomic E-state index is 12.1. The zero-order valence-electron chi connectivity index (χ0n) is 9.42. The van der Waals surface area contributed by atoms with Gasteiger partial charge in [-0.05, 0) is 29.8 Å². The fourth-order valence-electron chi connectivity index (χ4n) is 1.92. The van der Waals surface area contributed by atoms with Crippen molar-refractivity contribution in [3.8, 4) is 0 Å². The SMILES string of the molecule is CC1(C)CN(C(=O)c2coc(Br)c2)CCN1. The molecule has 0 spiro atoms. The third-order valence-corrected chi connectivity index (χ3v) is 3.09. The number of carbonyl (C=O) groups excluding carboxylic acids is 1. The van der Waals surface area contributed by atoms with Gasteiger partial charge in [-0.2, -0.15) is 0 Å². The first kappa shape index (κ1) is 11.7. The first-order chi connectivity index (χ1) is 7.48. The van der Waals surface area contributed by atoms with Gasteiger partial charge in [-0.3, -0.25) is 4.79 Å². The van der Waals surface area contributed by atoms with Crippen LogP contribution in [0.2, 0.25) is 0 Å². The third-order valence-electron chi connectivity index (χ3n) is 2.67. The smallest absolute Gasteiger partial charge is 0.257 e. The molecule has 0 atom stereocenters. The Bertz CT molecular complexity index is 400. The van der Waals surface area contributed by atoms with Crippen LogP contribution in [0.3, 0.4) is 0 Å². The van der Waals surface area contributed by atoms with Crippen molar-refractivity contribution >= 4 is 21.8 Å². The van der Waals surface area contributed by atoms with Crippen molar-refractivity contribution in [2.75, 3.05) is 19.6 Å². The summed E-state index contributed by atoms with van der Waals surface area (Å²) >= 11 is 3.20. The summed E-state index contributed by atoms with van der Waals surface area (Å²) in [5.41, 5.74) is 0.582. The van der Waals surface area contributed by atoms with Gasteiger partial charge >= 0.3 is 0 Å². The minimum absolute atomic E-state index is 0.0190. The summed E-state index contributed by atoms with van der Waals surface area (Å²) in [7, 11) is 0. The Morgan fingerprint density at radius 3 is 2.94 bits per heavy atom. The van der Waals surface area contributed by atoms with Gasteiger partial charge in [0.2, 0.25) is 0 Å². The minimum Gasteiger partial charge on any atom is -0.457 e. The van der Waals surface area contributed by atoms with Crippen molar-refractivity contribution in [1.29, 1.82) is 0 Å². The molecule has 0 aromatic carbocycles. The van der Waals surface area contributed by atoms with E-state index in [1.165, 1.54) is 6.26 Å². The molecule has 1 N–H and O–H groups in total. The molecule has 0 aliphatic carbocycles. The maximum Gasteiger partial charge on any atom is 0.257 e. The minimum atomic E-state index is -0.0190. The van der Waals surface area contributed by atoms with Gasteiger partial charge < -0.3 is 14.6 Å². The molecule has 0 saturated carbocycles. The number of hydrogen-bond donors (Lipinski definition) is 1. The molecule has 4 nitrogen and oxygen atoms in total. The van der Waals surface area contributed by atoms with Crippen LogP contribution in [0.4, 0.5) is 0 Å². The molecule has 1 aromatic rings. The predicted molar refractivity (Wildman–Crippen MR) is 64.4 cm³/mol. The molecule has 1 fully saturated rings. The molecule has 88 valence electrons. The van der Waals surface area contributed by atoms with Crippen molar-refractivity contribution in [2.24, 2.45) is 0 Å². The van der Waals surface area contributed by atoms with Gasteiger partial charge in [-0.1, -0.05) is 0 Å². The second-order valence-electron chi connectivity index (χ2n) is 4.68. The van der Waals surface area contributed by atoms with Crippen LogP contribution < -0.4 is 5.32 Å². The number of carbonyl (C=O) groups is 1. The molecule has 0 unspecified atom stereocenters. The topological polar surface area (TPSA) is 45.5 Å². The van der Waals surface area contributed by atoms with Crippen LogP contribution in [-0.2, 0) is 0 Å². The second-order valence-corrected chi connectivity index (χ2v) is 5.46. The number of hydrogen-bond acceptors (Lipinski definition) is 3. The highest BCUT2D eigenvalue weighted by molar-refractivity contribution is 9.10. The third kappa shape index (κ3) is 2.47. The zero-order chi connectivity index (χ0) is 11.8. The lowest BCUT2D eigenvalue weighted by molar-refractivity contribution is 0.0651. The van der Waals surface area contributed by atoms with Crippen LogP contribution in [0.25, 0.3) is 0 Å². The van der Waals surface area contributed by atoms with E-state index in [0.717, 1.165) is 13.1 Å². The molecule has 1 amide bonds. The molecular weight excluding hydrogens is 272 g/mol. The van der Waals surface area contributed by atoms with Crippen molar-refractivity contribution in [3.63, 3.8) is 0 Å². The Morgan fingerprint density at radius 1 is 1.62 bits per heavy atom. The molecule has 5 heteroatoms. The molecule has 0 radical (unpaired) electrons. The van der Waals surface area contributed by atoms with E-state index in [4.69, 9.17) is 4.42 Å². The molecule has 1 aromatic heterocycles. The number of amides is 1. The number of halogens is 1.